The lowest BCUT2D eigenvalue weighted by molar-refractivity contribution is 0.0689. The van der Waals surface area contributed by atoms with Gasteiger partial charge in [-0.2, -0.15) is 4.98 Å². The van der Waals surface area contributed by atoms with E-state index in [0.717, 1.165) is 12.8 Å². The number of carboxylic acid groups (broad SMARTS) is 1. The fourth-order valence-corrected chi connectivity index (χ4v) is 1.75. The number of aromatic nitrogens is 2. The normalized spacial score (nSPS) is 14.7. The second-order valence-corrected chi connectivity index (χ2v) is 3.45. The Hall–Kier alpha value is -1.85. The first-order valence-electron chi connectivity index (χ1n) is 4.67. The molecule has 15 heavy (non-hydrogen) atoms. The summed E-state index contributed by atoms with van der Waals surface area (Å²) in [4.78, 5) is 26.1. The molecule has 0 saturated carbocycles. The minimum absolute atomic E-state index is 0.466. The van der Waals surface area contributed by atoms with Crippen LogP contribution in [0.5, 0.6) is 5.88 Å². The van der Waals surface area contributed by atoms with Crippen molar-refractivity contribution in [3.63, 3.8) is 0 Å². The van der Waals surface area contributed by atoms with Gasteiger partial charge in [-0.3, -0.25) is 9.36 Å². The lowest BCUT2D eigenvalue weighted by Crippen LogP contribution is -2.32. The number of rotatable bonds is 1. The maximum Gasteiger partial charge on any atom is 0.346 e. The predicted octanol–water partition coefficient (Wildman–Crippen LogP) is -0.0166. The Morgan fingerprint density at radius 1 is 1.40 bits per heavy atom. The van der Waals surface area contributed by atoms with Gasteiger partial charge in [-0.25, -0.2) is 4.79 Å². The highest BCUT2D eigenvalue weighted by atomic mass is 16.4. The standard InChI is InChI=1S/C9H10N2O4/c12-7-6(9(14)15)8(13)11-4-2-1-3-5(11)10-7/h12H,1-4H2,(H,14,15). The molecule has 0 radical (unpaired) electrons. The van der Waals surface area contributed by atoms with Crippen LogP contribution in [0.2, 0.25) is 0 Å². The van der Waals surface area contributed by atoms with E-state index >= 15 is 0 Å². The number of hydrogen-bond acceptors (Lipinski definition) is 4. The van der Waals surface area contributed by atoms with E-state index in [0.29, 0.717) is 18.8 Å². The molecule has 1 aromatic rings. The van der Waals surface area contributed by atoms with Crippen molar-refractivity contribution in [3.8, 4) is 5.88 Å². The highest BCUT2D eigenvalue weighted by molar-refractivity contribution is 5.89. The van der Waals surface area contributed by atoms with E-state index < -0.39 is 23.0 Å². The Morgan fingerprint density at radius 2 is 2.13 bits per heavy atom. The van der Waals surface area contributed by atoms with Gasteiger partial charge in [0.25, 0.3) is 5.56 Å². The molecule has 80 valence electrons. The van der Waals surface area contributed by atoms with E-state index in [-0.39, 0.29) is 0 Å². The average Bonchev–Trinajstić information content (AvgIpc) is 2.17. The summed E-state index contributed by atoms with van der Waals surface area (Å²) in [5.74, 6) is -1.65. The molecule has 0 aromatic carbocycles. The summed E-state index contributed by atoms with van der Waals surface area (Å²) in [6.07, 6.45) is 2.33. The SMILES string of the molecule is O=C(O)c1c(O)nc2n(c1=O)CCCC2. The Morgan fingerprint density at radius 3 is 2.80 bits per heavy atom. The average molecular weight is 210 g/mol. The highest BCUT2D eigenvalue weighted by Gasteiger charge is 2.22. The van der Waals surface area contributed by atoms with Crippen LogP contribution in [0, 0.1) is 0 Å². The van der Waals surface area contributed by atoms with Crippen molar-refractivity contribution in [3.05, 3.63) is 21.7 Å². The zero-order valence-electron chi connectivity index (χ0n) is 7.93. The molecule has 2 rings (SSSR count). The second kappa shape index (κ2) is 3.38. The molecule has 0 atom stereocenters. The van der Waals surface area contributed by atoms with Crippen LogP contribution in [-0.2, 0) is 13.0 Å². The molecular weight excluding hydrogens is 200 g/mol. The summed E-state index contributed by atoms with van der Waals surface area (Å²) >= 11 is 0. The molecule has 0 unspecified atom stereocenters. The maximum atomic E-state index is 11.7. The fraction of sp³-hybridized carbons (Fsp3) is 0.444. The van der Waals surface area contributed by atoms with Gasteiger partial charge in [0.2, 0.25) is 5.88 Å². The highest BCUT2D eigenvalue weighted by Crippen LogP contribution is 2.15. The number of aryl methyl sites for hydroxylation is 1. The van der Waals surface area contributed by atoms with Crippen LogP contribution in [0.25, 0.3) is 0 Å². The molecule has 0 amide bonds. The molecule has 1 aliphatic rings. The molecular formula is C9H10N2O4. The summed E-state index contributed by atoms with van der Waals surface area (Å²) in [7, 11) is 0. The number of aromatic hydroxyl groups is 1. The van der Waals surface area contributed by atoms with Gasteiger partial charge in [-0.15, -0.1) is 0 Å². The van der Waals surface area contributed by atoms with Crippen molar-refractivity contribution in [1.82, 2.24) is 9.55 Å². The molecule has 0 bridgehead atoms. The molecule has 0 aliphatic carbocycles. The molecule has 1 aromatic heterocycles. The van der Waals surface area contributed by atoms with Gasteiger partial charge in [0.1, 0.15) is 5.82 Å². The lowest BCUT2D eigenvalue weighted by Gasteiger charge is -2.17. The predicted molar refractivity (Wildman–Crippen MR) is 50.1 cm³/mol. The van der Waals surface area contributed by atoms with Crippen molar-refractivity contribution >= 4 is 5.97 Å². The van der Waals surface area contributed by atoms with Crippen molar-refractivity contribution in [2.45, 2.75) is 25.8 Å². The third-order valence-corrected chi connectivity index (χ3v) is 2.48. The van der Waals surface area contributed by atoms with E-state index in [2.05, 4.69) is 4.98 Å². The van der Waals surface area contributed by atoms with Crippen LogP contribution < -0.4 is 5.56 Å². The number of hydrogen-bond donors (Lipinski definition) is 2. The Kier molecular flexibility index (Phi) is 2.18. The van der Waals surface area contributed by atoms with Crippen LogP contribution in [0.4, 0.5) is 0 Å². The molecule has 6 heteroatoms. The first kappa shape index (κ1) is 9.70. The largest absolute Gasteiger partial charge is 0.492 e. The number of carboxylic acids is 1. The van der Waals surface area contributed by atoms with Gasteiger partial charge >= 0.3 is 5.97 Å². The molecule has 2 N–H and O–H groups in total. The number of aromatic carboxylic acids is 1. The zero-order chi connectivity index (χ0) is 11.0. The first-order chi connectivity index (χ1) is 7.11. The fourth-order valence-electron chi connectivity index (χ4n) is 1.75. The Labute approximate surface area is 84.8 Å². The van der Waals surface area contributed by atoms with Crippen molar-refractivity contribution in [1.29, 1.82) is 0 Å². The summed E-state index contributed by atoms with van der Waals surface area (Å²) in [6.45, 7) is 0.474. The molecule has 2 heterocycles. The summed E-state index contributed by atoms with van der Waals surface area (Å²) in [5, 5.41) is 18.0. The molecule has 0 saturated heterocycles. The summed E-state index contributed by atoms with van der Waals surface area (Å²) in [6, 6.07) is 0. The Bertz CT molecular complexity index is 478. The van der Waals surface area contributed by atoms with E-state index in [9.17, 15) is 14.7 Å². The van der Waals surface area contributed by atoms with Crippen molar-refractivity contribution < 1.29 is 15.0 Å². The molecule has 6 nitrogen and oxygen atoms in total. The van der Waals surface area contributed by atoms with Crippen molar-refractivity contribution in [2.24, 2.45) is 0 Å². The number of nitrogens with zero attached hydrogens (tertiary/aromatic N) is 2. The first-order valence-corrected chi connectivity index (χ1v) is 4.67. The van der Waals surface area contributed by atoms with Crippen LogP contribution in [0.1, 0.15) is 29.0 Å². The van der Waals surface area contributed by atoms with Gasteiger partial charge in [-0.05, 0) is 12.8 Å². The van der Waals surface area contributed by atoms with Gasteiger partial charge < -0.3 is 10.2 Å². The number of fused-ring (bicyclic) bond motifs is 1. The van der Waals surface area contributed by atoms with Gasteiger partial charge in [0.15, 0.2) is 5.56 Å². The van der Waals surface area contributed by atoms with Crippen LogP contribution >= 0.6 is 0 Å². The third-order valence-electron chi connectivity index (χ3n) is 2.48. The summed E-state index contributed by atoms with van der Waals surface area (Å²) in [5.41, 5.74) is -1.30. The van der Waals surface area contributed by atoms with Crippen LogP contribution in [0.3, 0.4) is 0 Å². The molecule has 1 aliphatic heterocycles. The van der Waals surface area contributed by atoms with Crippen molar-refractivity contribution in [2.75, 3.05) is 0 Å². The third kappa shape index (κ3) is 1.47. The minimum Gasteiger partial charge on any atom is -0.492 e. The summed E-state index contributed by atoms with van der Waals surface area (Å²) < 4.78 is 1.33. The lowest BCUT2D eigenvalue weighted by atomic mass is 10.1. The molecule has 0 fully saturated rings. The second-order valence-electron chi connectivity index (χ2n) is 3.45. The van der Waals surface area contributed by atoms with E-state index in [1.807, 2.05) is 0 Å². The van der Waals surface area contributed by atoms with E-state index in [1.54, 1.807) is 0 Å². The van der Waals surface area contributed by atoms with Gasteiger partial charge in [-0.1, -0.05) is 0 Å². The van der Waals surface area contributed by atoms with Crippen LogP contribution in [0.15, 0.2) is 4.79 Å². The monoisotopic (exact) mass is 210 g/mol. The maximum absolute atomic E-state index is 11.7. The number of carbonyl (C=O) groups is 1. The molecule has 0 spiro atoms. The van der Waals surface area contributed by atoms with Gasteiger partial charge in [0, 0.05) is 13.0 Å². The topological polar surface area (TPSA) is 92.4 Å². The zero-order valence-corrected chi connectivity index (χ0v) is 7.93. The van der Waals surface area contributed by atoms with E-state index in [4.69, 9.17) is 5.11 Å². The van der Waals surface area contributed by atoms with Gasteiger partial charge in [0.05, 0.1) is 0 Å². The van der Waals surface area contributed by atoms with Crippen LogP contribution in [-0.4, -0.2) is 25.7 Å². The Balaban J connectivity index is 2.70. The van der Waals surface area contributed by atoms with E-state index in [1.165, 1.54) is 4.57 Å². The minimum atomic E-state index is -1.44. The quantitative estimate of drug-likeness (QED) is 0.679. The smallest absolute Gasteiger partial charge is 0.346 e.